The van der Waals surface area contributed by atoms with Crippen LogP contribution >= 0.6 is 11.6 Å². The van der Waals surface area contributed by atoms with E-state index in [1.165, 1.54) is 28.4 Å². The van der Waals surface area contributed by atoms with Gasteiger partial charge in [-0.15, -0.1) is 6.58 Å². The molecule has 43 heavy (non-hydrogen) atoms. The standard InChI is InChI=1S/C32H31ClF2N2O5S/c1-4-12-32(13-14-32)43(39,40)37-18-20(2)29-25(16-23(33)17-26(29)37)27(38)11-10-24-28(42-31(34)35)15-21(3)36-30(24)41-19-22-8-6-5-7-9-22/h4-9,15-18,31H,1,10-14,19H2,2-3H3. The van der Waals surface area contributed by atoms with Crippen LogP contribution in [-0.2, 0) is 23.1 Å². The number of halogens is 3. The van der Waals surface area contributed by atoms with Crippen molar-refractivity contribution in [2.45, 2.75) is 63.9 Å². The molecule has 0 atom stereocenters. The minimum absolute atomic E-state index is 0.0210. The van der Waals surface area contributed by atoms with Crippen molar-refractivity contribution in [3.63, 3.8) is 0 Å². The molecule has 5 rings (SSSR count). The van der Waals surface area contributed by atoms with Crippen molar-refractivity contribution in [1.29, 1.82) is 0 Å². The number of fused-ring (bicyclic) bond motifs is 1. The van der Waals surface area contributed by atoms with Crippen LogP contribution in [0.5, 0.6) is 11.6 Å². The van der Waals surface area contributed by atoms with Gasteiger partial charge in [0.15, 0.2) is 5.78 Å². The van der Waals surface area contributed by atoms with E-state index in [2.05, 4.69) is 11.6 Å². The summed E-state index contributed by atoms with van der Waals surface area (Å²) in [5, 5.41) is 0.670. The number of carbonyl (C=O) groups excluding carboxylic acids is 1. The number of benzene rings is 2. The molecule has 0 saturated heterocycles. The summed E-state index contributed by atoms with van der Waals surface area (Å²) in [6.07, 6.45) is 4.34. The number of nitrogens with zero attached hydrogens (tertiary/aromatic N) is 2. The Hall–Kier alpha value is -3.76. The van der Waals surface area contributed by atoms with Gasteiger partial charge in [0.05, 0.1) is 15.8 Å². The molecule has 0 bridgehead atoms. The number of Topliss-reactive ketones (excluding diaryl/α,β-unsaturated/α-hetero) is 1. The van der Waals surface area contributed by atoms with Gasteiger partial charge in [-0.3, -0.25) is 4.79 Å². The molecule has 4 aromatic rings. The zero-order chi connectivity index (χ0) is 30.9. The maximum atomic E-state index is 13.7. The first-order valence-corrected chi connectivity index (χ1v) is 15.6. The Balaban J connectivity index is 1.48. The van der Waals surface area contributed by atoms with Gasteiger partial charge in [-0.05, 0) is 62.8 Å². The number of aryl methyl sites for hydroxylation is 2. The highest BCUT2D eigenvalue weighted by Crippen LogP contribution is 2.49. The topological polar surface area (TPSA) is 87.5 Å². The summed E-state index contributed by atoms with van der Waals surface area (Å²) < 4.78 is 65.1. The summed E-state index contributed by atoms with van der Waals surface area (Å²) in [7, 11) is -3.80. The van der Waals surface area contributed by atoms with E-state index in [1.807, 2.05) is 30.3 Å². The first-order valence-electron chi connectivity index (χ1n) is 13.8. The summed E-state index contributed by atoms with van der Waals surface area (Å²) in [6.45, 7) is 4.13. The van der Waals surface area contributed by atoms with E-state index in [-0.39, 0.29) is 53.0 Å². The lowest BCUT2D eigenvalue weighted by Gasteiger charge is -2.17. The van der Waals surface area contributed by atoms with E-state index in [1.54, 1.807) is 19.9 Å². The summed E-state index contributed by atoms with van der Waals surface area (Å²) in [4.78, 5) is 18.1. The Bertz CT molecular complexity index is 1800. The van der Waals surface area contributed by atoms with E-state index in [0.717, 1.165) is 5.56 Å². The fraction of sp³-hybridized carbons (Fsp3) is 0.312. The van der Waals surface area contributed by atoms with Gasteiger partial charge in [-0.25, -0.2) is 17.4 Å². The van der Waals surface area contributed by atoms with Crippen LogP contribution in [0.25, 0.3) is 10.9 Å². The van der Waals surface area contributed by atoms with Crippen LogP contribution in [0.4, 0.5) is 8.78 Å². The van der Waals surface area contributed by atoms with Crippen LogP contribution in [0.1, 0.15) is 58.4 Å². The minimum Gasteiger partial charge on any atom is -0.472 e. The van der Waals surface area contributed by atoms with Crippen molar-refractivity contribution in [2.75, 3.05) is 0 Å². The molecule has 1 fully saturated rings. The summed E-state index contributed by atoms with van der Waals surface area (Å²) in [6, 6.07) is 13.7. The molecule has 0 radical (unpaired) electrons. The molecule has 1 aliphatic carbocycles. The van der Waals surface area contributed by atoms with E-state index < -0.39 is 21.4 Å². The van der Waals surface area contributed by atoms with Crippen molar-refractivity contribution in [2.24, 2.45) is 0 Å². The van der Waals surface area contributed by atoms with Crippen molar-refractivity contribution < 1.29 is 31.5 Å². The summed E-state index contributed by atoms with van der Waals surface area (Å²) >= 11 is 6.42. The zero-order valence-electron chi connectivity index (χ0n) is 23.8. The van der Waals surface area contributed by atoms with E-state index >= 15 is 0 Å². The van der Waals surface area contributed by atoms with Crippen LogP contribution < -0.4 is 9.47 Å². The van der Waals surface area contributed by atoms with Crippen molar-refractivity contribution in [3.05, 3.63) is 100 Å². The number of carbonyl (C=O) groups is 1. The smallest absolute Gasteiger partial charge is 0.387 e. The third-order valence-corrected chi connectivity index (χ3v) is 10.4. The van der Waals surface area contributed by atoms with Gasteiger partial charge in [-0.1, -0.05) is 48.0 Å². The molecule has 0 aliphatic heterocycles. The summed E-state index contributed by atoms with van der Waals surface area (Å²) in [5.41, 5.74) is 2.64. The second kappa shape index (κ2) is 12.1. The Morgan fingerprint density at radius 2 is 1.91 bits per heavy atom. The Morgan fingerprint density at radius 1 is 1.19 bits per heavy atom. The Labute approximate surface area is 254 Å². The maximum Gasteiger partial charge on any atom is 0.387 e. The maximum absolute atomic E-state index is 13.7. The predicted octanol–water partition coefficient (Wildman–Crippen LogP) is 7.59. The molecule has 11 heteroatoms. The Kier molecular flexibility index (Phi) is 8.63. The van der Waals surface area contributed by atoms with Gasteiger partial charge in [-0.2, -0.15) is 8.78 Å². The normalized spacial score (nSPS) is 14.2. The van der Waals surface area contributed by atoms with E-state index in [0.29, 0.717) is 41.4 Å². The minimum atomic E-state index is -3.80. The lowest BCUT2D eigenvalue weighted by molar-refractivity contribution is -0.0506. The highest BCUT2D eigenvalue weighted by atomic mass is 35.5. The Morgan fingerprint density at radius 3 is 2.56 bits per heavy atom. The predicted molar refractivity (Wildman–Crippen MR) is 162 cm³/mol. The molecule has 2 aromatic heterocycles. The fourth-order valence-electron chi connectivity index (χ4n) is 5.38. The molecule has 0 N–H and O–H groups in total. The van der Waals surface area contributed by atoms with Crippen LogP contribution in [0.3, 0.4) is 0 Å². The molecule has 2 aromatic carbocycles. The highest BCUT2D eigenvalue weighted by Gasteiger charge is 2.54. The molecule has 1 aliphatic rings. The molecule has 7 nitrogen and oxygen atoms in total. The second-order valence-electron chi connectivity index (χ2n) is 10.8. The number of alkyl halides is 2. The quantitative estimate of drug-likeness (QED) is 0.112. The average molecular weight is 629 g/mol. The first kappa shape index (κ1) is 30.7. The number of ketones is 1. The highest BCUT2D eigenvalue weighted by molar-refractivity contribution is 7.91. The van der Waals surface area contributed by atoms with Crippen molar-refractivity contribution in [1.82, 2.24) is 8.96 Å². The number of rotatable bonds is 13. The molecule has 226 valence electrons. The zero-order valence-corrected chi connectivity index (χ0v) is 25.4. The number of allylic oxidation sites excluding steroid dienone is 1. The third-order valence-electron chi connectivity index (χ3n) is 7.67. The van der Waals surface area contributed by atoms with Crippen LogP contribution in [0.15, 0.2) is 67.4 Å². The number of hydrogen-bond acceptors (Lipinski definition) is 6. The number of hydrogen-bond donors (Lipinski definition) is 0. The molecule has 0 unspecified atom stereocenters. The third kappa shape index (κ3) is 6.17. The largest absolute Gasteiger partial charge is 0.472 e. The molecule has 2 heterocycles. The number of pyridine rings is 1. The van der Waals surface area contributed by atoms with Crippen molar-refractivity contribution >= 4 is 38.3 Å². The van der Waals surface area contributed by atoms with E-state index in [9.17, 15) is 22.0 Å². The molecular formula is C32H31ClF2N2O5S. The second-order valence-corrected chi connectivity index (χ2v) is 13.4. The van der Waals surface area contributed by atoms with Crippen LogP contribution in [-0.4, -0.2) is 34.5 Å². The lowest BCUT2D eigenvalue weighted by Crippen LogP contribution is -2.28. The van der Waals surface area contributed by atoms with Crippen LogP contribution in [0.2, 0.25) is 5.02 Å². The number of aromatic nitrogens is 2. The van der Waals surface area contributed by atoms with Crippen LogP contribution in [0, 0.1) is 13.8 Å². The van der Waals surface area contributed by atoms with Crippen molar-refractivity contribution in [3.8, 4) is 11.6 Å². The summed E-state index contributed by atoms with van der Waals surface area (Å²) in [5.74, 6) is -0.385. The van der Waals surface area contributed by atoms with Gasteiger partial charge < -0.3 is 9.47 Å². The van der Waals surface area contributed by atoms with Gasteiger partial charge in [0.25, 0.3) is 0 Å². The molecule has 1 saturated carbocycles. The SMILES string of the molecule is C=CCC1(S(=O)(=O)n2cc(C)c3c(C(=O)CCc4c(OC(F)F)cc(C)nc4OCc4ccccc4)cc(Cl)cc32)CC1. The van der Waals surface area contributed by atoms with Gasteiger partial charge in [0.1, 0.15) is 12.4 Å². The average Bonchev–Trinajstić information content (AvgIpc) is 3.67. The molecule has 0 spiro atoms. The van der Waals surface area contributed by atoms with Gasteiger partial charge in [0.2, 0.25) is 15.9 Å². The molecular weight excluding hydrogens is 598 g/mol. The monoisotopic (exact) mass is 628 g/mol. The van der Waals surface area contributed by atoms with E-state index in [4.69, 9.17) is 21.1 Å². The molecule has 0 amide bonds. The number of ether oxygens (including phenoxy) is 2. The lowest BCUT2D eigenvalue weighted by atomic mass is 9.98. The first-order chi connectivity index (χ1) is 20.5. The van der Waals surface area contributed by atoms with Gasteiger partial charge in [0, 0.05) is 40.4 Å². The van der Waals surface area contributed by atoms with Gasteiger partial charge >= 0.3 is 6.61 Å². The fourth-order valence-corrected chi connectivity index (χ4v) is 7.66.